The van der Waals surface area contributed by atoms with Crippen molar-refractivity contribution in [2.24, 2.45) is 10.7 Å². The van der Waals surface area contributed by atoms with Gasteiger partial charge in [-0.3, -0.25) is 5.41 Å². The van der Waals surface area contributed by atoms with Crippen LogP contribution in [0.25, 0.3) is 11.3 Å². The molecule has 0 saturated heterocycles. The topological polar surface area (TPSA) is 117 Å². The lowest BCUT2D eigenvalue weighted by Crippen LogP contribution is -2.11. The van der Waals surface area contributed by atoms with Crippen LogP contribution in [0.3, 0.4) is 0 Å². The van der Waals surface area contributed by atoms with E-state index in [1.165, 1.54) is 0 Å². The van der Waals surface area contributed by atoms with Gasteiger partial charge in [-0.2, -0.15) is 4.98 Å². The van der Waals surface area contributed by atoms with Crippen LogP contribution in [-0.4, -0.2) is 21.5 Å². The minimum absolute atomic E-state index is 0.0265. The van der Waals surface area contributed by atoms with Gasteiger partial charge >= 0.3 is 0 Å². The van der Waals surface area contributed by atoms with E-state index in [0.29, 0.717) is 17.3 Å². The third-order valence-electron chi connectivity index (χ3n) is 3.63. The fourth-order valence-corrected chi connectivity index (χ4v) is 2.40. The van der Waals surface area contributed by atoms with Crippen LogP contribution in [-0.2, 0) is 0 Å². The first-order valence-corrected chi connectivity index (χ1v) is 7.45. The van der Waals surface area contributed by atoms with Crippen molar-refractivity contribution < 1.29 is 0 Å². The molecule has 0 fully saturated rings. The van der Waals surface area contributed by atoms with E-state index in [1.54, 1.807) is 6.07 Å². The Morgan fingerprint density at radius 2 is 1.79 bits per heavy atom. The molecule has 24 heavy (non-hydrogen) atoms. The molecule has 0 aliphatic rings. The number of aromatic nitrogens is 2. The molecule has 3 rings (SSSR count). The van der Waals surface area contributed by atoms with Gasteiger partial charge in [0.1, 0.15) is 5.84 Å². The van der Waals surface area contributed by atoms with Gasteiger partial charge < -0.3 is 16.5 Å². The number of anilines is 1. The molecule has 0 atom stereocenters. The first kappa shape index (κ1) is 15.5. The third kappa shape index (κ3) is 3.17. The highest BCUT2D eigenvalue weighted by Gasteiger charge is 2.11. The van der Waals surface area contributed by atoms with Gasteiger partial charge in [0, 0.05) is 16.8 Å². The lowest BCUT2D eigenvalue weighted by atomic mass is 10.1. The van der Waals surface area contributed by atoms with Crippen LogP contribution in [0.2, 0.25) is 0 Å². The zero-order valence-electron chi connectivity index (χ0n) is 13.2. The molecule has 0 amide bonds. The van der Waals surface area contributed by atoms with Crippen molar-refractivity contribution >= 4 is 23.3 Å². The van der Waals surface area contributed by atoms with Gasteiger partial charge in [0.25, 0.3) is 0 Å². The monoisotopic (exact) mass is 318 g/mol. The minimum atomic E-state index is 0.0265. The van der Waals surface area contributed by atoms with Crippen molar-refractivity contribution in [2.45, 2.75) is 6.92 Å². The van der Waals surface area contributed by atoms with E-state index in [0.717, 1.165) is 22.5 Å². The second-order valence-corrected chi connectivity index (χ2v) is 5.38. The fraction of sp³-hybridized carbons (Fsp3) is 0.0556. The van der Waals surface area contributed by atoms with E-state index in [1.807, 2.05) is 55.5 Å². The molecular weight excluding hydrogens is 300 g/mol. The smallest absolute Gasteiger partial charge is 0.200 e. The average Bonchev–Trinajstić information content (AvgIpc) is 2.96. The molecule has 0 radical (unpaired) electrons. The largest absolute Gasteiger partial charge is 0.384 e. The summed E-state index contributed by atoms with van der Waals surface area (Å²) in [5.74, 6) is 0.876. The number of nitrogens with zero attached hydrogens (tertiary/aromatic N) is 2. The third-order valence-corrected chi connectivity index (χ3v) is 3.63. The van der Waals surface area contributed by atoms with Gasteiger partial charge in [-0.05, 0) is 18.6 Å². The zero-order valence-corrected chi connectivity index (χ0v) is 13.2. The number of H-pyrrole nitrogens is 1. The predicted molar refractivity (Wildman–Crippen MR) is 97.8 cm³/mol. The van der Waals surface area contributed by atoms with Crippen molar-refractivity contribution in [3.63, 3.8) is 0 Å². The number of aromatic amines is 1. The van der Waals surface area contributed by atoms with Gasteiger partial charge in [-0.1, -0.05) is 48.5 Å². The van der Waals surface area contributed by atoms with Crippen molar-refractivity contribution in [1.82, 2.24) is 9.97 Å². The highest BCUT2D eigenvalue weighted by molar-refractivity contribution is 6.03. The summed E-state index contributed by atoms with van der Waals surface area (Å²) in [6.45, 7) is 1.89. The molecule has 0 unspecified atom stereocenters. The van der Waals surface area contributed by atoms with Crippen LogP contribution in [0.5, 0.6) is 0 Å². The first-order chi connectivity index (χ1) is 11.5. The Morgan fingerprint density at radius 3 is 2.50 bits per heavy atom. The predicted octanol–water partition coefficient (Wildman–Crippen LogP) is 3.08. The number of hydrogen-bond donors (Lipinski definition) is 4. The molecule has 6 N–H and O–H groups in total. The van der Waals surface area contributed by atoms with E-state index >= 15 is 0 Å². The second-order valence-electron chi connectivity index (χ2n) is 5.38. The molecule has 6 heteroatoms. The summed E-state index contributed by atoms with van der Waals surface area (Å²) in [7, 11) is 0. The van der Waals surface area contributed by atoms with Gasteiger partial charge in [0.2, 0.25) is 0 Å². The molecule has 0 spiro atoms. The number of benzene rings is 2. The average molecular weight is 318 g/mol. The maximum absolute atomic E-state index is 7.55. The number of amidine groups is 1. The first-order valence-electron chi connectivity index (χ1n) is 7.45. The molecule has 120 valence electrons. The van der Waals surface area contributed by atoms with Gasteiger partial charge in [-0.15, -0.1) is 0 Å². The lowest BCUT2D eigenvalue weighted by molar-refractivity contribution is 1.30. The molecule has 0 bridgehead atoms. The summed E-state index contributed by atoms with van der Waals surface area (Å²) < 4.78 is 0. The van der Waals surface area contributed by atoms with Crippen LogP contribution >= 0.6 is 0 Å². The zero-order chi connectivity index (χ0) is 17.1. The Labute approximate surface area is 139 Å². The summed E-state index contributed by atoms with van der Waals surface area (Å²) in [6.07, 6.45) is 0. The van der Waals surface area contributed by atoms with Crippen molar-refractivity contribution in [1.29, 1.82) is 5.41 Å². The number of nitrogens with one attached hydrogen (secondary N) is 2. The summed E-state index contributed by atoms with van der Waals surface area (Å²) in [6, 6.07) is 17.2. The quantitative estimate of drug-likeness (QED) is 0.437. The molecule has 1 heterocycles. The minimum Gasteiger partial charge on any atom is -0.384 e. The number of nitrogen functional groups attached to an aromatic ring is 2. The Hall–Kier alpha value is -3.41. The molecule has 1 aromatic heterocycles. The Balaban J connectivity index is 2.03. The van der Waals surface area contributed by atoms with Crippen molar-refractivity contribution in [3.8, 4) is 11.3 Å². The maximum Gasteiger partial charge on any atom is 0.200 e. The Kier molecular flexibility index (Phi) is 4.11. The summed E-state index contributed by atoms with van der Waals surface area (Å²) >= 11 is 0. The van der Waals surface area contributed by atoms with Crippen LogP contribution in [0, 0.1) is 5.41 Å². The second kappa shape index (κ2) is 6.37. The number of hydrogen-bond acceptors (Lipinski definition) is 4. The molecule has 6 nitrogen and oxygen atoms in total. The normalized spacial score (nSPS) is 11.5. The summed E-state index contributed by atoms with van der Waals surface area (Å²) in [5, 5.41) is 7.55. The summed E-state index contributed by atoms with van der Waals surface area (Å²) in [5.41, 5.74) is 15.4. The molecule has 0 aliphatic heterocycles. The standard InChI is InChI=1S/C18H18N6/c1-11(13-8-5-9-14(10-13)16(19)20)22-17-15(23-18(21)24-17)12-6-3-2-4-7-12/h2-10H,1H3,(H3,19,20)(H3,21,23,24). The van der Waals surface area contributed by atoms with E-state index in [4.69, 9.17) is 16.9 Å². The van der Waals surface area contributed by atoms with Crippen molar-refractivity contribution in [3.05, 3.63) is 65.7 Å². The number of aliphatic imine (C=N–C) groups is 1. The van der Waals surface area contributed by atoms with E-state index in [9.17, 15) is 0 Å². The highest BCUT2D eigenvalue weighted by atomic mass is 15.1. The maximum atomic E-state index is 7.55. The highest BCUT2D eigenvalue weighted by Crippen LogP contribution is 2.29. The SMILES string of the molecule is CC(=Nc1nc(N)[nH]c1-c1ccccc1)c1cccc(C(=N)N)c1. The molecule has 2 aromatic carbocycles. The Morgan fingerprint density at radius 1 is 1.08 bits per heavy atom. The molecular formula is C18H18N6. The van der Waals surface area contributed by atoms with E-state index in [2.05, 4.69) is 15.0 Å². The van der Waals surface area contributed by atoms with Crippen LogP contribution in [0.15, 0.2) is 59.6 Å². The fourth-order valence-electron chi connectivity index (χ4n) is 2.40. The van der Waals surface area contributed by atoms with E-state index in [-0.39, 0.29) is 5.84 Å². The molecule has 3 aromatic rings. The van der Waals surface area contributed by atoms with Crippen LogP contribution in [0.4, 0.5) is 11.8 Å². The molecule has 0 saturated carbocycles. The number of rotatable bonds is 4. The summed E-state index contributed by atoms with van der Waals surface area (Å²) in [4.78, 5) is 11.9. The lowest BCUT2D eigenvalue weighted by Gasteiger charge is -2.04. The van der Waals surface area contributed by atoms with Gasteiger partial charge in [-0.25, -0.2) is 4.99 Å². The van der Waals surface area contributed by atoms with Gasteiger partial charge in [0.05, 0.1) is 5.69 Å². The Bertz CT molecular complexity index is 908. The van der Waals surface area contributed by atoms with Crippen molar-refractivity contribution in [2.75, 3.05) is 5.73 Å². The van der Waals surface area contributed by atoms with Crippen LogP contribution < -0.4 is 11.5 Å². The van der Waals surface area contributed by atoms with Gasteiger partial charge in [0.15, 0.2) is 11.8 Å². The number of nitrogens with two attached hydrogens (primary N) is 2. The number of imidazole rings is 1. The molecule has 0 aliphatic carbocycles. The van der Waals surface area contributed by atoms with Crippen LogP contribution in [0.1, 0.15) is 18.1 Å². The van der Waals surface area contributed by atoms with E-state index < -0.39 is 0 Å².